The van der Waals surface area contributed by atoms with Gasteiger partial charge in [-0.3, -0.25) is 14.9 Å². The van der Waals surface area contributed by atoms with E-state index in [1.54, 1.807) is 12.4 Å². The van der Waals surface area contributed by atoms with Gasteiger partial charge in [-0.15, -0.1) is 0 Å². The smallest absolute Gasteiger partial charge is 0.227 e. The molecule has 0 aliphatic carbocycles. The van der Waals surface area contributed by atoms with Crippen LogP contribution in [0.2, 0.25) is 0 Å². The molecule has 0 fully saturated rings. The maximum atomic E-state index is 12.7. The highest BCUT2D eigenvalue weighted by Gasteiger charge is 2.25. The van der Waals surface area contributed by atoms with Gasteiger partial charge in [-0.05, 0) is 29.7 Å². The van der Waals surface area contributed by atoms with Crippen molar-refractivity contribution in [2.24, 2.45) is 0 Å². The Morgan fingerprint density at radius 3 is 2.63 bits per heavy atom. The van der Waals surface area contributed by atoms with Crippen LogP contribution in [0.15, 0.2) is 48.8 Å². The van der Waals surface area contributed by atoms with E-state index in [9.17, 15) is 4.79 Å². The molecule has 0 atom stereocenters. The first kappa shape index (κ1) is 17.5. The summed E-state index contributed by atoms with van der Waals surface area (Å²) in [5, 5.41) is 7.73. The first-order valence-electron chi connectivity index (χ1n) is 9.56. The van der Waals surface area contributed by atoms with Crippen LogP contribution in [0.5, 0.6) is 0 Å². The van der Waals surface area contributed by atoms with Crippen LogP contribution in [0, 0.1) is 0 Å². The van der Waals surface area contributed by atoms with Gasteiger partial charge < -0.3 is 4.90 Å². The summed E-state index contributed by atoms with van der Waals surface area (Å²) in [7, 11) is 0. The number of pyridine rings is 1. The third kappa shape index (κ3) is 3.77. The van der Waals surface area contributed by atoms with Crippen molar-refractivity contribution in [1.82, 2.24) is 20.1 Å². The highest BCUT2D eigenvalue weighted by molar-refractivity contribution is 5.79. The van der Waals surface area contributed by atoms with Gasteiger partial charge in [0.1, 0.15) is 0 Å². The maximum absolute atomic E-state index is 12.7. The van der Waals surface area contributed by atoms with Crippen LogP contribution in [0.25, 0.3) is 11.3 Å². The van der Waals surface area contributed by atoms with E-state index < -0.39 is 0 Å². The Kier molecular flexibility index (Phi) is 5.01. The van der Waals surface area contributed by atoms with Crippen LogP contribution < -0.4 is 0 Å². The third-order valence-electron chi connectivity index (χ3n) is 5.16. The van der Waals surface area contributed by atoms with Gasteiger partial charge in [-0.1, -0.05) is 37.6 Å². The molecular formula is C22H24N4O. The standard InChI is InChI=1S/C22H24N4O/c1-2-3-16-4-6-18(7-5-16)22-19-15-26(13-10-20(19)24-25-22)21(27)14-17-8-11-23-12-9-17/h4-9,11-12H,2-3,10,13-15H2,1H3,(H,24,25). The number of fused-ring (bicyclic) bond motifs is 1. The Morgan fingerprint density at radius 2 is 1.89 bits per heavy atom. The van der Waals surface area contributed by atoms with Crippen molar-refractivity contribution in [3.8, 4) is 11.3 Å². The Labute approximate surface area is 159 Å². The number of H-pyrrole nitrogens is 1. The van der Waals surface area contributed by atoms with Gasteiger partial charge >= 0.3 is 0 Å². The second kappa shape index (κ2) is 7.74. The summed E-state index contributed by atoms with van der Waals surface area (Å²) < 4.78 is 0. The second-order valence-corrected chi connectivity index (χ2v) is 7.07. The predicted octanol–water partition coefficient (Wildman–Crippen LogP) is 3.55. The van der Waals surface area contributed by atoms with Crippen molar-refractivity contribution in [3.63, 3.8) is 0 Å². The summed E-state index contributed by atoms with van der Waals surface area (Å²) in [6, 6.07) is 12.4. The lowest BCUT2D eigenvalue weighted by atomic mass is 9.99. The molecule has 1 aliphatic heterocycles. The number of hydrogen-bond donors (Lipinski definition) is 1. The molecule has 1 N–H and O–H groups in total. The minimum atomic E-state index is 0.150. The van der Waals surface area contributed by atoms with Crippen LogP contribution in [0.4, 0.5) is 0 Å². The zero-order valence-corrected chi connectivity index (χ0v) is 15.6. The van der Waals surface area contributed by atoms with Gasteiger partial charge in [0.2, 0.25) is 5.91 Å². The van der Waals surface area contributed by atoms with Gasteiger partial charge in [0.05, 0.1) is 12.1 Å². The van der Waals surface area contributed by atoms with Crippen molar-refractivity contribution in [2.45, 2.75) is 39.2 Å². The quantitative estimate of drug-likeness (QED) is 0.757. The number of aromatic amines is 1. The molecule has 5 nitrogen and oxygen atoms in total. The molecule has 1 aromatic carbocycles. The first-order chi connectivity index (χ1) is 13.2. The van der Waals surface area contributed by atoms with Gasteiger partial charge in [0, 0.05) is 48.7 Å². The molecule has 3 aromatic rings. The molecule has 2 aromatic heterocycles. The van der Waals surface area contributed by atoms with Crippen LogP contribution in [-0.4, -0.2) is 32.5 Å². The Hall–Kier alpha value is -2.95. The van der Waals surface area contributed by atoms with Crippen LogP contribution >= 0.6 is 0 Å². The normalized spacial score (nSPS) is 13.4. The van der Waals surface area contributed by atoms with Gasteiger partial charge in [0.25, 0.3) is 0 Å². The number of nitrogens with zero attached hydrogens (tertiary/aromatic N) is 3. The Balaban J connectivity index is 1.52. The molecule has 27 heavy (non-hydrogen) atoms. The largest absolute Gasteiger partial charge is 0.338 e. The molecule has 1 aliphatic rings. The molecule has 0 saturated heterocycles. The lowest BCUT2D eigenvalue weighted by Crippen LogP contribution is -2.36. The highest BCUT2D eigenvalue weighted by atomic mass is 16.2. The monoisotopic (exact) mass is 360 g/mol. The molecule has 1 amide bonds. The number of nitrogens with one attached hydrogen (secondary N) is 1. The summed E-state index contributed by atoms with van der Waals surface area (Å²) in [5.74, 6) is 0.150. The summed E-state index contributed by atoms with van der Waals surface area (Å²) in [5.41, 5.74) is 6.72. The first-order valence-corrected chi connectivity index (χ1v) is 9.56. The summed E-state index contributed by atoms with van der Waals surface area (Å²) in [4.78, 5) is 18.7. The molecule has 138 valence electrons. The van der Waals surface area contributed by atoms with E-state index in [2.05, 4.69) is 46.4 Å². The maximum Gasteiger partial charge on any atom is 0.227 e. The fourth-order valence-corrected chi connectivity index (χ4v) is 3.65. The van der Waals surface area contributed by atoms with Crippen LogP contribution in [0.3, 0.4) is 0 Å². The number of carbonyl (C=O) groups excluding carboxylic acids is 1. The minimum absolute atomic E-state index is 0.150. The third-order valence-corrected chi connectivity index (χ3v) is 5.16. The van der Waals surface area contributed by atoms with E-state index >= 15 is 0 Å². The van der Waals surface area contributed by atoms with Crippen molar-refractivity contribution < 1.29 is 4.79 Å². The number of rotatable bonds is 5. The van der Waals surface area contributed by atoms with Gasteiger partial charge in [-0.25, -0.2) is 0 Å². The number of amides is 1. The van der Waals surface area contributed by atoms with Crippen molar-refractivity contribution >= 4 is 5.91 Å². The van der Waals surface area contributed by atoms with Gasteiger partial charge in [-0.2, -0.15) is 5.10 Å². The number of aryl methyl sites for hydroxylation is 1. The highest BCUT2D eigenvalue weighted by Crippen LogP contribution is 2.29. The van der Waals surface area contributed by atoms with E-state index in [-0.39, 0.29) is 5.91 Å². The lowest BCUT2D eigenvalue weighted by molar-refractivity contribution is -0.131. The van der Waals surface area contributed by atoms with Crippen molar-refractivity contribution in [3.05, 3.63) is 71.2 Å². The predicted molar refractivity (Wildman–Crippen MR) is 105 cm³/mol. The topological polar surface area (TPSA) is 61.9 Å². The number of aromatic nitrogens is 3. The molecule has 5 heteroatoms. The molecule has 0 unspecified atom stereocenters. The summed E-state index contributed by atoms with van der Waals surface area (Å²) in [6.45, 7) is 3.53. The Bertz CT molecular complexity index is 915. The molecule has 3 heterocycles. The summed E-state index contributed by atoms with van der Waals surface area (Å²) >= 11 is 0. The molecule has 0 radical (unpaired) electrons. The minimum Gasteiger partial charge on any atom is -0.338 e. The zero-order chi connectivity index (χ0) is 18.6. The summed E-state index contributed by atoms with van der Waals surface area (Å²) in [6.07, 6.45) is 6.93. The molecular weight excluding hydrogens is 336 g/mol. The SMILES string of the molecule is CCCc1ccc(-c2n[nH]c3c2CN(C(=O)Cc2ccncc2)CC3)cc1. The molecule has 0 saturated carbocycles. The fraction of sp³-hybridized carbons (Fsp3) is 0.318. The average molecular weight is 360 g/mol. The van der Waals surface area contributed by atoms with E-state index in [4.69, 9.17) is 0 Å². The molecule has 0 spiro atoms. The molecule has 0 bridgehead atoms. The lowest BCUT2D eigenvalue weighted by Gasteiger charge is -2.27. The van der Waals surface area contributed by atoms with Crippen molar-refractivity contribution in [2.75, 3.05) is 6.54 Å². The van der Waals surface area contributed by atoms with Crippen molar-refractivity contribution in [1.29, 1.82) is 0 Å². The zero-order valence-electron chi connectivity index (χ0n) is 15.6. The molecule has 4 rings (SSSR count). The van der Waals surface area contributed by atoms with Crippen LogP contribution in [0.1, 0.15) is 35.7 Å². The fourth-order valence-electron chi connectivity index (χ4n) is 3.65. The number of hydrogen-bond acceptors (Lipinski definition) is 3. The van der Waals surface area contributed by atoms with E-state index in [1.165, 1.54) is 5.56 Å². The van der Waals surface area contributed by atoms with E-state index in [0.29, 0.717) is 13.0 Å². The second-order valence-electron chi connectivity index (χ2n) is 7.07. The van der Waals surface area contributed by atoms with E-state index in [1.807, 2.05) is 17.0 Å². The number of benzene rings is 1. The Morgan fingerprint density at radius 1 is 1.11 bits per heavy atom. The van der Waals surface area contributed by atoms with Gasteiger partial charge in [0.15, 0.2) is 0 Å². The van der Waals surface area contributed by atoms with E-state index in [0.717, 1.165) is 53.9 Å². The number of carbonyl (C=O) groups is 1. The van der Waals surface area contributed by atoms with Crippen LogP contribution in [-0.2, 0) is 30.6 Å². The average Bonchev–Trinajstić information content (AvgIpc) is 3.13.